The fourth-order valence-electron chi connectivity index (χ4n) is 2.76. The number of H-pyrrole nitrogens is 1. The van der Waals surface area contributed by atoms with Crippen molar-refractivity contribution >= 4 is 40.1 Å². The molecule has 0 saturated carbocycles. The minimum Gasteiger partial charge on any atom is -0.396 e. The molecule has 0 fully saturated rings. The van der Waals surface area contributed by atoms with Crippen LogP contribution in [-0.4, -0.2) is 32.4 Å². The highest BCUT2D eigenvalue weighted by Crippen LogP contribution is 2.31. The molecule has 3 rings (SSSR count). The summed E-state index contributed by atoms with van der Waals surface area (Å²) < 4.78 is 0. The number of aliphatic hydroxyl groups excluding tert-OH is 1. The summed E-state index contributed by atoms with van der Waals surface area (Å²) in [7, 11) is 0. The Hall–Kier alpha value is -3.15. The SMILES string of the molecule is Cc1cc2nc(/C(C#N)=C/c3ccc(SCCO)c([N+](=O)[O-])c3)[nH]c2cc1C. The largest absolute Gasteiger partial charge is 0.396 e. The maximum absolute atomic E-state index is 11.4. The summed E-state index contributed by atoms with van der Waals surface area (Å²) in [6.45, 7) is 3.94. The van der Waals surface area contributed by atoms with Crippen LogP contribution in [0.3, 0.4) is 0 Å². The van der Waals surface area contributed by atoms with E-state index in [4.69, 9.17) is 5.11 Å². The molecule has 0 spiro atoms. The number of hydrogen-bond acceptors (Lipinski definition) is 6. The van der Waals surface area contributed by atoms with E-state index in [2.05, 4.69) is 16.0 Å². The molecule has 142 valence electrons. The Morgan fingerprint density at radius 3 is 2.79 bits per heavy atom. The van der Waals surface area contributed by atoms with E-state index in [0.717, 1.165) is 22.2 Å². The smallest absolute Gasteiger partial charge is 0.283 e. The topological polar surface area (TPSA) is 116 Å². The first-order chi connectivity index (χ1) is 13.4. The van der Waals surface area contributed by atoms with Gasteiger partial charge in [0.1, 0.15) is 11.9 Å². The van der Waals surface area contributed by atoms with Crippen LogP contribution in [0.5, 0.6) is 0 Å². The van der Waals surface area contributed by atoms with Gasteiger partial charge in [0.15, 0.2) is 0 Å². The van der Waals surface area contributed by atoms with E-state index in [1.807, 2.05) is 26.0 Å². The molecule has 7 nitrogen and oxygen atoms in total. The molecule has 0 unspecified atom stereocenters. The van der Waals surface area contributed by atoms with Crippen LogP contribution in [0, 0.1) is 35.3 Å². The molecule has 28 heavy (non-hydrogen) atoms. The van der Waals surface area contributed by atoms with Gasteiger partial charge in [0.05, 0.1) is 33.0 Å². The standard InChI is InChI=1S/C20H18N4O3S/c1-12-7-16-17(8-13(12)2)23-20(22-16)15(11-21)9-14-3-4-19(28-6-5-25)18(10-14)24(26)27/h3-4,7-10,25H,5-6H2,1-2H3,(H,22,23)/b15-9+. The van der Waals surface area contributed by atoms with Crippen molar-refractivity contribution < 1.29 is 10.0 Å². The number of aromatic amines is 1. The van der Waals surface area contributed by atoms with Gasteiger partial charge in [0.2, 0.25) is 0 Å². The van der Waals surface area contributed by atoms with Crippen LogP contribution >= 0.6 is 11.8 Å². The zero-order valence-corrected chi connectivity index (χ0v) is 16.2. The number of nitro groups is 1. The van der Waals surface area contributed by atoms with Gasteiger partial charge in [-0.05, 0) is 54.8 Å². The van der Waals surface area contributed by atoms with Crippen LogP contribution < -0.4 is 0 Å². The molecule has 3 aromatic rings. The number of allylic oxidation sites excluding steroid dienone is 1. The number of imidazole rings is 1. The predicted octanol–water partition coefficient (Wildman–Crippen LogP) is 4.24. The van der Waals surface area contributed by atoms with E-state index in [9.17, 15) is 15.4 Å². The second-order valence-electron chi connectivity index (χ2n) is 6.27. The minimum absolute atomic E-state index is 0.0552. The van der Waals surface area contributed by atoms with Crippen LogP contribution in [0.2, 0.25) is 0 Å². The third-order valence-electron chi connectivity index (χ3n) is 4.31. The van der Waals surface area contributed by atoms with Gasteiger partial charge >= 0.3 is 0 Å². The highest BCUT2D eigenvalue weighted by molar-refractivity contribution is 7.99. The lowest BCUT2D eigenvalue weighted by molar-refractivity contribution is -0.387. The number of benzene rings is 2. The minimum atomic E-state index is -0.462. The second-order valence-corrected chi connectivity index (χ2v) is 7.40. The maximum Gasteiger partial charge on any atom is 0.283 e. The maximum atomic E-state index is 11.4. The molecule has 1 heterocycles. The highest BCUT2D eigenvalue weighted by Gasteiger charge is 2.15. The van der Waals surface area contributed by atoms with E-state index in [-0.39, 0.29) is 17.9 Å². The zero-order valence-electron chi connectivity index (χ0n) is 15.4. The van der Waals surface area contributed by atoms with E-state index < -0.39 is 4.92 Å². The summed E-state index contributed by atoms with van der Waals surface area (Å²) >= 11 is 1.21. The molecule has 0 aliphatic rings. The molecule has 2 N–H and O–H groups in total. The molecule has 0 bridgehead atoms. The Labute approximate surface area is 165 Å². The van der Waals surface area contributed by atoms with Crippen LogP contribution in [0.4, 0.5) is 5.69 Å². The summed E-state index contributed by atoms with van der Waals surface area (Å²) in [6, 6.07) is 10.8. The quantitative estimate of drug-likeness (QED) is 0.280. The number of nitriles is 1. The first-order valence-corrected chi connectivity index (χ1v) is 9.52. The van der Waals surface area contributed by atoms with Gasteiger partial charge in [-0.3, -0.25) is 10.1 Å². The number of hydrogen-bond donors (Lipinski definition) is 2. The normalized spacial score (nSPS) is 11.6. The number of aromatic nitrogens is 2. The summed E-state index contributed by atoms with van der Waals surface area (Å²) in [5, 5.41) is 29.9. The van der Waals surface area contributed by atoms with Crippen molar-refractivity contribution in [3.05, 3.63) is 63.0 Å². The van der Waals surface area contributed by atoms with Crippen LogP contribution in [0.1, 0.15) is 22.5 Å². The van der Waals surface area contributed by atoms with Crippen molar-refractivity contribution in [2.45, 2.75) is 18.7 Å². The van der Waals surface area contributed by atoms with Crippen molar-refractivity contribution in [2.24, 2.45) is 0 Å². The molecular formula is C20H18N4O3S. The Morgan fingerprint density at radius 1 is 1.36 bits per heavy atom. The Morgan fingerprint density at radius 2 is 2.11 bits per heavy atom. The van der Waals surface area contributed by atoms with Gasteiger partial charge in [-0.25, -0.2) is 4.98 Å². The third kappa shape index (κ3) is 4.06. The number of thioether (sulfide) groups is 1. The third-order valence-corrected chi connectivity index (χ3v) is 5.36. The molecule has 0 radical (unpaired) electrons. The van der Waals surface area contributed by atoms with Crippen molar-refractivity contribution in [2.75, 3.05) is 12.4 Å². The lowest BCUT2D eigenvalue weighted by atomic mass is 10.1. The monoisotopic (exact) mass is 394 g/mol. The van der Waals surface area contributed by atoms with Crippen molar-refractivity contribution in [3.8, 4) is 6.07 Å². The van der Waals surface area contributed by atoms with Crippen LogP contribution in [-0.2, 0) is 0 Å². The van der Waals surface area contributed by atoms with Gasteiger partial charge in [-0.15, -0.1) is 11.8 Å². The molecule has 1 aromatic heterocycles. The molecule has 0 atom stereocenters. The average Bonchev–Trinajstić information content (AvgIpc) is 3.07. The molecule has 8 heteroatoms. The van der Waals surface area contributed by atoms with Crippen LogP contribution in [0.25, 0.3) is 22.7 Å². The van der Waals surface area contributed by atoms with Crippen molar-refractivity contribution in [3.63, 3.8) is 0 Å². The molecule has 2 aromatic carbocycles. The number of nitro benzene ring substituents is 1. The molecule has 0 aliphatic carbocycles. The fraction of sp³-hybridized carbons (Fsp3) is 0.200. The number of aryl methyl sites for hydroxylation is 2. The van der Waals surface area contributed by atoms with Gasteiger partial charge in [0, 0.05) is 11.8 Å². The number of nitrogens with zero attached hydrogens (tertiary/aromatic N) is 3. The first kappa shape index (κ1) is 19.6. The Balaban J connectivity index is 2.02. The first-order valence-electron chi connectivity index (χ1n) is 8.54. The predicted molar refractivity (Wildman–Crippen MR) is 110 cm³/mol. The van der Waals surface area contributed by atoms with Crippen molar-refractivity contribution in [1.29, 1.82) is 5.26 Å². The van der Waals surface area contributed by atoms with Gasteiger partial charge in [-0.1, -0.05) is 6.07 Å². The van der Waals surface area contributed by atoms with Gasteiger partial charge < -0.3 is 10.1 Å². The number of fused-ring (bicyclic) bond motifs is 1. The molecule has 0 saturated heterocycles. The second kappa shape index (κ2) is 8.25. The highest BCUT2D eigenvalue weighted by atomic mass is 32.2. The van der Waals surface area contributed by atoms with E-state index in [1.54, 1.807) is 18.2 Å². The number of rotatable bonds is 6. The summed E-state index contributed by atoms with van der Waals surface area (Å²) in [5.41, 5.74) is 4.60. The van der Waals surface area contributed by atoms with E-state index in [1.165, 1.54) is 17.8 Å². The zero-order chi connectivity index (χ0) is 20.3. The van der Waals surface area contributed by atoms with Crippen LogP contribution in [0.15, 0.2) is 35.2 Å². The fourth-order valence-corrected chi connectivity index (χ4v) is 3.52. The van der Waals surface area contributed by atoms with E-state index >= 15 is 0 Å². The van der Waals surface area contributed by atoms with E-state index in [0.29, 0.717) is 22.0 Å². The van der Waals surface area contributed by atoms with Crippen molar-refractivity contribution in [1.82, 2.24) is 9.97 Å². The Kier molecular flexibility index (Phi) is 5.78. The average molecular weight is 394 g/mol. The lowest BCUT2D eigenvalue weighted by Gasteiger charge is -2.03. The summed E-state index contributed by atoms with van der Waals surface area (Å²) in [5.74, 6) is 0.793. The number of nitrogens with one attached hydrogen (secondary N) is 1. The van der Waals surface area contributed by atoms with Gasteiger partial charge in [0.25, 0.3) is 5.69 Å². The summed E-state index contributed by atoms with van der Waals surface area (Å²) in [4.78, 5) is 19.0. The van der Waals surface area contributed by atoms with Gasteiger partial charge in [-0.2, -0.15) is 5.26 Å². The molecule has 0 amide bonds. The molecule has 0 aliphatic heterocycles. The Bertz CT molecular complexity index is 1090. The molecular weight excluding hydrogens is 376 g/mol. The number of aliphatic hydroxyl groups is 1. The lowest BCUT2D eigenvalue weighted by Crippen LogP contribution is -1.94. The summed E-state index contributed by atoms with van der Waals surface area (Å²) in [6.07, 6.45) is 1.57.